The molecule has 304 valence electrons. The summed E-state index contributed by atoms with van der Waals surface area (Å²) >= 11 is 1.72. The normalized spacial score (nSPS) is 11.8. The molecule has 0 spiro atoms. The first kappa shape index (κ1) is 40.4. The van der Waals surface area contributed by atoms with Crippen molar-refractivity contribution in [2.75, 3.05) is 0 Å². The second-order valence-corrected chi connectivity index (χ2v) is 18.1. The van der Waals surface area contributed by atoms with E-state index in [0.717, 1.165) is 69.9 Å². The van der Waals surface area contributed by atoms with Crippen molar-refractivity contribution in [3.63, 3.8) is 0 Å². The maximum atomic E-state index is 6.68. The molecule has 0 saturated carbocycles. The highest BCUT2D eigenvalue weighted by molar-refractivity contribution is 7.26. The van der Waals surface area contributed by atoms with Crippen LogP contribution in [0.3, 0.4) is 0 Å². The Balaban J connectivity index is 0.998. The zero-order valence-electron chi connectivity index (χ0n) is 36.2. The minimum absolute atomic E-state index is 0.107. The highest BCUT2D eigenvalue weighted by atomic mass is 32.1. The summed E-state index contributed by atoms with van der Waals surface area (Å²) in [5.74, 6) is 1.00. The van der Waals surface area contributed by atoms with Gasteiger partial charge in [0.1, 0.15) is 50.4 Å². The third-order valence-corrected chi connectivity index (χ3v) is 14.3. The summed E-state index contributed by atoms with van der Waals surface area (Å²) in [5, 5.41) is 6.41. The van der Waals surface area contributed by atoms with Gasteiger partial charge in [-0.05, 0) is 89.0 Å². The molecule has 0 bridgehead atoms. The van der Waals surface area contributed by atoms with E-state index in [-0.39, 0.29) is 38.7 Å². The summed E-state index contributed by atoms with van der Waals surface area (Å²) in [5.41, 5.74) is 11.8. The summed E-state index contributed by atoms with van der Waals surface area (Å²) in [6, 6.07) is 61.4. The number of nitrogens with zero attached hydrogens (tertiary/aromatic N) is 4. The van der Waals surface area contributed by atoms with Gasteiger partial charge < -0.3 is 8.98 Å². The Bertz CT molecular complexity index is 4210. The zero-order chi connectivity index (χ0) is 45.8. The molecule has 0 fully saturated rings. The number of fused-ring (bicyclic) bond motifs is 9. The van der Waals surface area contributed by atoms with Crippen molar-refractivity contribution < 1.29 is 4.42 Å². The van der Waals surface area contributed by atoms with Crippen LogP contribution in [0.25, 0.3) is 126 Å². The SMILES string of the molecule is [B]c1c([B])c([B])c(-c2nc(-c3ccc4c(c3)oc3ccccc34)nc(-c3cccc4sc5ccc(-n6c7ccccc7c7cc(-c8cccc(-c9ccccc9)c8)ccc76)cc5c34)n2)c([B])c1[B]. The molecule has 13 aromatic rings. The van der Waals surface area contributed by atoms with Crippen LogP contribution in [0.1, 0.15) is 0 Å². The molecule has 68 heavy (non-hydrogen) atoms. The summed E-state index contributed by atoms with van der Waals surface area (Å²) in [6.07, 6.45) is 0. The van der Waals surface area contributed by atoms with Crippen LogP contribution in [0.4, 0.5) is 0 Å². The minimum Gasteiger partial charge on any atom is -0.456 e. The van der Waals surface area contributed by atoms with Crippen molar-refractivity contribution in [2.24, 2.45) is 0 Å². The average Bonchev–Trinajstić information content (AvgIpc) is 4.06. The largest absolute Gasteiger partial charge is 0.456 e. The topological polar surface area (TPSA) is 56.7 Å². The highest BCUT2D eigenvalue weighted by Gasteiger charge is 2.22. The smallest absolute Gasteiger partial charge is 0.164 e. The molecule has 13 rings (SSSR count). The van der Waals surface area contributed by atoms with E-state index < -0.39 is 0 Å². The van der Waals surface area contributed by atoms with E-state index in [1.807, 2.05) is 60.7 Å². The minimum atomic E-state index is 0.107. The van der Waals surface area contributed by atoms with Crippen LogP contribution in [-0.4, -0.2) is 58.8 Å². The molecule has 9 aromatic carbocycles. The van der Waals surface area contributed by atoms with Crippen molar-refractivity contribution in [3.8, 4) is 62.1 Å². The molecule has 0 unspecified atom stereocenters. The molecule has 0 amide bonds. The predicted molar refractivity (Wildman–Crippen MR) is 288 cm³/mol. The van der Waals surface area contributed by atoms with Gasteiger partial charge in [-0.15, -0.1) is 27.7 Å². The Morgan fingerprint density at radius 2 is 1.01 bits per heavy atom. The van der Waals surface area contributed by atoms with Gasteiger partial charge in [-0.3, -0.25) is 0 Å². The van der Waals surface area contributed by atoms with Crippen LogP contribution in [0.15, 0.2) is 180 Å². The van der Waals surface area contributed by atoms with Gasteiger partial charge in [0.25, 0.3) is 0 Å². The average molecular weight is 872 g/mol. The van der Waals surface area contributed by atoms with Crippen LogP contribution in [0, 0.1) is 0 Å². The third kappa shape index (κ3) is 6.33. The number of furan rings is 1. The van der Waals surface area contributed by atoms with Crippen molar-refractivity contribution in [2.45, 2.75) is 0 Å². The van der Waals surface area contributed by atoms with Gasteiger partial charge in [-0.1, -0.05) is 120 Å². The number of benzene rings is 9. The van der Waals surface area contributed by atoms with E-state index in [2.05, 4.69) is 120 Å². The van der Waals surface area contributed by atoms with Gasteiger partial charge >= 0.3 is 0 Å². The molecule has 0 saturated heterocycles. The molecule has 4 aromatic heterocycles. The summed E-state index contributed by atoms with van der Waals surface area (Å²) in [4.78, 5) is 15.3. The van der Waals surface area contributed by atoms with E-state index in [0.29, 0.717) is 22.8 Å². The molecule has 11 heteroatoms. The van der Waals surface area contributed by atoms with Gasteiger partial charge in [0.15, 0.2) is 17.5 Å². The summed E-state index contributed by atoms with van der Waals surface area (Å²) < 4.78 is 10.9. The maximum Gasteiger partial charge on any atom is 0.164 e. The first-order chi connectivity index (χ1) is 33.3. The van der Waals surface area contributed by atoms with Crippen LogP contribution in [-0.2, 0) is 0 Å². The Morgan fingerprint density at radius 1 is 0.382 bits per heavy atom. The van der Waals surface area contributed by atoms with E-state index in [1.165, 1.54) is 21.9 Å². The molecule has 0 N–H and O–H groups in total. The van der Waals surface area contributed by atoms with Crippen molar-refractivity contribution in [3.05, 3.63) is 176 Å². The molecule has 0 aliphatic carbocycles. The molecular weight excluding hydrogens is 843 g/mol. The molecule has 10 radical (unpaired) electrons. The van der Waals surface area contributed by atoms with Crippen molar-refractivity contribution in [1.82, 2.24) is 19.5 Å². The number of rotatable bonds is 6. The Hall–Kier alpha value is -7.87. The summed E-state index contributed by atoms with van der Waals surface area (Å²) in [7, 11) is 32.5. The fraction of sp³-hybridized carbons (Fsp3) is 0. The van der Waals surface area contributed by atoms with Crippen LogP contribution < -0.4 is 27.3 Å². The Kier molecular flexibility index (Phi) is 9.28. The third-order valence-electron chi connectivity index (χ3n) is 13.1. The molecule has 0 aliphatic rings. The molecule has 4 heterocycles. The lowest BCUT2D eigenvalue weighted by Gasteiger charge is -2.20. The molecule has 5 nitrogen and oxygen atoms in total. The fourth-order valence-electron chi connectivity index (χ4n) is 9.77. The Morgan fingerprint density at radius 3 is 1.85 bits per heavy atom. The van der Waals surface area contributed by atoms with Crippen LogP contribution in [0.5, 0.6) is 0 Å². The number of hydrogen-bond donors (Lipinski definition) is 0. The van der Waals surface area contributed by atoms with Crippen LogP contribution in [0.2, 0.25) is 0 Å². The van der Waals surface area contributed by atoms with Gasteiger partial charge in [-0.2, -0.15) is 0 Å². The quantitative estimate of drug-likeness (QED) is 0.156. The van der Waals surface area contributed by atoms with Crippen LogP contribution >= 0.6 is 11.3 Å². The Labute approximate surface area is 401 Å². The lowest BCUT2D eigenvalue weighted by atomic mass is 9.60. The van der Waals surface area contributed by atoms with Gasteiger partial charge in [0, 0.05) is 64.1 Å². The number of aromatic nitrogens is 4. The number of hydrogen-bond acceptors (Lipinski definition) is 5. The first-order valence-electron chi connectivity index (χ1n) is 22.1. The predicted octanol–water partition coefficient (Wildman–Crippen LogP) is 9.54. The second-order valence-electron chi connectivity index (χ2n) is 17.1. The standard InChI is InChI=1S/C57H29B5N4OS/c58-50-49(51(59)53(61)54(62)52(50)60)57-64-55(34-20-23-38-37-15-5-7-18-44(37)67-45(38)28-34)63-56(65-57)39-16-9-19-47-48(39)41-29-35(22-25-46(41)68-47)66-42-17-6-4-14-36(42)40-27-33(21-24-43(40)66)32-13-8-12-31(26-32)30-10-2-1-3-11-30/h1-29H. The van der Waals surface area contributed by atoms with E-state index in [4.69, 9.17) is 58.6 Å². The first-order valence-corrected chi connectivity index (χ1v) is 22.9. The number of thiophene rings is 1. The second kappa shape index (κ2) is 15.6. The summed E-state index contributed by atoms with van der Waals surface area (Å²) in [6.45, 7) is 0. The molecule has 0 atom stereocenters. The lowest BCUT2D eigenvalue weighted by molar-refractivity contribution is 0.669. The highest BCUT2D eigenvalue weighted by Crippen LogP contribution is 2.43. The van der Waals surface area contributed by atoms with Gasteiger partial charge in [0.2, 0.25) is 0 Å². The molecule has 0 aliphatic heterocycles. The maximum absolute atomic E-state index is 6.68. The van der Waals surface area contributed by atoms with Gasteiger partial charge in [-0.25, -0.2) is 15.0 Å². The zero-order valence-corrected chi connectivity index (χ0v) is 37.1. The van der Waals surface area contributed by atoms with Crippen molar-refractivity contribution in [1.29, 1.82) is 0 Å². The van der Waals surface area contributed by atoms with Gasteiger partial charge in [0.05, 0.1) is 11.0 Å². The van der Waals surface area contributed by atoms with E-state index in [9.17, 15) is 0 Å². The fourth-order valence-corrected chi connectivity index (χ4v) is 10.9. The lowest BCUT2D eigenvalue weighted by Crippen LogP contribution is -2.55. The van der Waals surface area contributed by atoms with Crippen molar-refractivity contribution >= 4 is 142 Å². The molecular formula is C57H29B5N4OS. The number of para-hydroxylation sites is 2. The monoisotopic (exact) mass is 872 g/mol. The van der Waals surface area contributed by atoms with E-state index in [1.54, 1.807) is 11.3 Å². The van der Waals surface area contributed by atoms with E-state index >= 15 is 0 Å².